The molecule has 1 aromatic carbocycles. The summed E-state index contributed by atoms with van der Waals surface area (Å²) in [7, 11) is -3.38. The number of hydrogen-bond acceptors (Lipinski definition) is 4. The smallest absolute Gasteiger partial charge is 0.180 e. The molecule has 5 nitrogen and oxygen atoms in total. The summed E-state index contributed by atoms with van der Waals surface area (Å²) in [6.45, 7) is 0.604. The Bertz CT molecular complexity index is 654. The number of aromatic nitrogens is 2. The fourth-order valence-corrected chi connectivity index (χ4v) is 3.37. The Kier molecular flexibility index (Phi) is 4.11. The average molecular weight is 300 g/mol. The number of nitrogens with zero attached hydrogens (tertiary/aromatic N) is 2. The second-order valence-corrected chi connectivity index (χ2v) is 6.67. The van der Waals surface area contributed by atoms with E-state index in [4.69, 9.17) is 17.3 Å². The molecule has 102 valence electrons. The Morgan fingerprint density at radius 1 is 1.37 bits per heavy atom. The third-order valence-corrected chi connectivity index (χ3v) is 4.80. The maximum absolute atomic E-state index is 12.1. The molecule has 1 heterocycles. The first-order chi connectivity index (χ1) is 8.99. The lowest BCUT2D eigenvalue weighted by Crippen LogP contribution is -2.11. The van der Waals surface area contributed by atoms with E-state index in [1.165, 1.54) is 18.2 Å². The first-order valence-corrected chi connectivity index (χ1v) is 7.75. The molecule has 0 unspecified atom stereocenters. The minimum atomic E-state index is -3.38. The Morgan fingerprint density at radius 2 is 2.16 bits per heavy atom. The number of sulfone groups is 1. The average Bonchev–Trinajstić information content (AvgIpc) is 2.81. The van der Waals surface area contributed by atoms with E-state index < -0.39 is 9.84 Å². The van der Waals surface area contributed by atoms with Crippen LogP contribution in [0.4, 0.5) is 5.69 Å². The van der Waals surface area contributed by atoms with Gasteiger partial charge in [-0.05, 0) is 24.6 Å². The molecule has 7 heteroatoms. The number of aryl methyl sites for hydroxylation is 1. The van der Waals surface area contributed by atoms with Gasteiger partial charge in [0.25, 0.3) is 0 Å². The van der Waals surface area contributed by atoms with Gasteiger partial charge in [-0.15, -0.1) is 0 Å². The second-order valence-electron chi connectivity index (χ2n) is 4.16. The molecule has 2 aromatic rings. The van der Waals surface area contributed by atoms with E-state index in [2.05, 4.69) is 4.98 Å². The van der Waals surface area contributed by atoms with Crippen LogP contribution in [0, 0.1) is 0 Å². The highest BCUT2D eigenvalue weighted by Crippen LogP contribution is 2.23. The van der Waals surface area contributed by atoms with Crippen molar-refractivity contribution in [1.29, 1.82) is 0 Å². The summed E-state index contributed by atoms with van der Waals surface area (Å²) in [5, 5.41) is 0.426. The van der Waals surface area contributed by atoms with E-state index in [1.807, 2.05) is 4.57 Å². The topological polar surface area (TPSA) is 78.0 Å². The number of nitrogen functional groups attached to an aromatic ring is 1. The van der Waals surface area contributed by atoms with E-state index >= 15 is 0 Å². The van der Waals surface area contributed by atoms with Crippen LogP contribution in [0.15, 0.2) is 41.8 Å². The van der Waals surface area contributed by atoms with Crippen molar-refractivity contribution in [2.45, 2.75) is 17.9 Å². The van der Waals surface area contributed by atoms with Crippen molar-refractivity contribution in [3.8, 4) is 0 Å². The van der Waals surface area contributed by atoms with E-state index in [0.29, 0.717) is 18.0 Å². The van der Waals surface area contributed by atoms with Gasteiger partial charge in [0.05, 0.1) is 22.7 Å². The van der Waals surface area contributed by atoms with Crippen LogP contribution in [-0.4, -0.2) is 23.7 Å². The first-order valence-electron chi connectivity index (χ1n) is 5.72. The Hall–Kier alpha value is -1.53. The molecule has 0 spiro atoms. The highest BCUT2D eigenvalue weighted by atomic mass is 35.5. The van der Waals surface area contributed by atoms with Crippen LogP contribution < -0.4 is 5.73 Å². The molecule has 0 fully saturated rings. The summed E-state index contributed by atoms with van der Waals surface area (Å²) in [6, 6.07) is 4.43. The third kappa shape index (κ3) is 3.48. The lowest BCUT2D eigenvalue weighted by molar-refractivity contribution is 0.586. The Morgan fingerprint density at radius 3 is 2.79 bits per heavy atom. The van der Waals surface area contributed by atoms with Gasteiger partial charge in [-0.25, -0.2) is 13.4 Å². The van der Waals surface area contributed by atoms with Crippen molar-refractivity contribution in [3.63, 3.8) is 0 Å². The fraction of sp³-hybridized carbons (Fsp3) is 0.250. The number of imidazole rings is 1. The predicted octanol–water partition coefficient (Wildman–Crippen LogP) is 1.98. The molecular weight excluding hydrogens is 286 g/mol. The zero-order valence-corrected chi connectivity index (χ0v) is 11.7. The molecule has 0 aliphatic heterocycles. The highest BCUT2D eigenvalue weighted by molar-refractivity contribution is 7.91. The van der Waals surface area contributed by atoms with E-state index in [0.717, 1.165) is 0 Å². The largest absolute Gasteiger partial charge is 0.398 e. The van der Waals surface area contributed by atoms with Gasteiger partial charge in [0.2, 0.25) is 0 Å². The molecule has 2 N–H and O–H groups in total. The maximum atomic E-state index is 12.1. The molecule has 0 saturated carbocycles. The second kappa shape index (κ2) is 5.63. The minimum Gasteiger partial charge on any atom is -0.398 e. The summed E-state index contributed by atoms with van der Waals surface area (Å²) < 4.78 is 26.1. The van der Waals surface area contributed by atoms with E-state index in [1.54, 1.807) is 18.7 Å². The van der Waals surface area contributed by atoms with Crippen molar-refractivity contribution in [3.05, 3.63) is 41.9 Å². The van der Waals surface area contributed by atoms with Crippen LogP contribution >= 0.6 is 11.6 Å². The minimum absolute atomic E-state index is 0.0387. The quantitative estimate of drug-likeness (QED) is 0.856. The van der Waals surface area contributed by atoms with Gasteiger partial charge in [-0.3, -0.25) is 0 Å². The van der Waals surface area contributed by atoms with Crippen LogP contribution in [0.1, 0.15) is 6.42 Å². The molecule has 0 aliphatic carbocycles. The molecule has 19 heavy (non-hydrogen) atoms. The molecule has 0 bridgehead atoms. The number of nitrogens with two attached hydrogens (primary N) is 1. The first kappa shape index (κ1) is 13.9. The Labute approximate surface area is 116 Å². The van der Waals surface area contributed by atoms with E-state index in [9.17, 15) is 8.42 Å². The monoisotopic (exact) mass is 299 g/mol. The molecule has 0 atom stereocenters. The summed E-state index contributed by atoms with van der Waals surface area (Å²) in [5.74, 6) is 0.0387. The van der Waals surface area contributed by atoms with Crippen LogP contribution in [0.3, 0.4) is 0 Å². The number of rotatable bonds is 5. The molecular formula is C12H14ClN3O2S. The van der Waals surface area contributed by atoms with Crippen LogP contribution in [0.5, 0.6) is 0 Å². The van der Waals surface area contributed by atoms with Gasteiger partial charge in [0, 0.05) is 24.0 Å². The normalized spacial score (nSPS) is 11.6. The summed E-state index contributed by atoms with van der Waals surface area (Å²) in [6.07, 6.45) is 5.61. The van der Waals surface area contributed by atoms with Gasteiger partial charge in [0.1, 0.15) is 0 Å². The zero-order chi connectivity index (χ0) is 13.9. The van der Waals surface area contributed by atoms with E-state index in [-0.39, 0.29) is 16.3 Å². The lowest BCUT2D eigenvalue weighted by Gasteiger charge is -2.08. The third-order valence-electron chi connectivity index (χ3n) is 2.70. The SMILES string of the molecule is Nc1cc(Cl)ccc1S(=O)(=O)CCCn1ccnc1. The van der Waals surface area contributed by atoms with Gasteiger partial charge in [-0.1, -0.05) is 11.6 Å². The summed E-state index contributed by atoms with van der Waals surface area (Å²) >= 11 is 5.75. The number of anilines is 1. The standard InChI is InChI=1S/C12H14ClN3O2S/c13-10-2-3-12(11(14)8-10)19(17,18)7-1-5-16-6-4-15-9-16/h2-4,6,8-9H,1,5,7,14H2. The molecule has 2 rings (SSSR count). The van der Waals surface area contributed by atoms with Crippen molar-refractivity contribution in [2.24, 2.45) is 0 Å². The number of hydrogen-bond donors (Lipinski definition) is 1. The van der Waals surface area contributed by atoms with Crippen molar-refractivity contribution in [2.75, 3.05) is 11.5 Å². The predicted molar refractivity (Wildman–Crippen MR) is 74.8 cm³/mol. The number of halogens is 1. The molecule has 1 aromatic heterocycles. The lowest BCUT2D eigenvalue weighted by atomic mass is 10.3. The Balaban J connectivity index is 2.05. The molecule has 0 aliphatic rings. The fourth-order valence-electron chi connectivity index (χ4n) is 1.77. The zero-order valence-electron chi connectivity index (χ0n) is 10.2. The number of benzene rings is 1. The summed E-state index contributed by atoms with van der Waals surface area (Å²) in [4.78, 5) is 4.04. The maximum Gasteiger partial charge on any atom is 0.180 e. The van der Waals surface area contributed by atoms with Gasteiger partial charge >= 0.3 is 0 Å². The van der Waals surface area contributed by atoms with Crippen molar-refractivity contribution in [1.82, 2.24) is 9.55 Å². The van der Waals surface area contributed by atoms with Crippen LogP contribution in [-0.2, 0) is 16.4 Å². The van der Waals surface area contributed by atoms with Gasteiger partial charge in [0.15, 0.2) is 9.84 Å². The molecule has 0 amide bonds. The summed E-state index contributed by atoms with van der Waals surface area (Å²) in [5.41, 5.74) is 5.88. The van der Waals surface area contributed by atoms with Crippen LogP contribution in [0.25, 0.3) is 0 Å². The van der Waals surface area contributed by atoms with Crippen molar-refractivity contribution >= 4 is 27.1 Å². The highest BCUT2D eigenvalue weighted by Gasteiger charge is 2.17. The van der Waals surface area contributed by atoms with Gasteiger partial charge < -0.3 is 10.3 Å². The molecule has 0 radical (unpaired) electrons. The van der Waals surface area contributed by atoms with Crippen molar-refractivity contribution < 1.29 is 8.42 Å². The molecule has 0 saturated heterocycles. The van der Waals surface area contributed by atoms with Crippen LogP contribution in [0.2, 0.25) is 5.02 Å². The van der Waals surface area contributed by atoms with Gasteiger partial charge in [-0.2, -0.15) is 0 Å².